The van der Waals surface area contributed by atoms with E-state index in [4.69, 9.17) is 0 Å². The van der Waals surface area contributed by atoms with Crippen molar-refractivity contribution in [2.24, 2.45) is 0 Å². The molecule has 1 aliphatic heterocycles. The normalized spacial score (nSPS) is 15.0. The van der Waals surface area contributed by atoms with Crippen LogP contribution in [0.3, 0.4) is 0 Å². The molecule has 2 N–H and O–H groups in total. The number of benzene rings is 1. The van der Waals surface area contributed by atoms with Crippen molar-refractivity contribution in [3.63, 3.8) is 0 Å². The van der Waals surface area contributed by atoms with Crippen molar-refractivity contribution in [2.45, 2.75) is 44.9 Å². The fourth-order valence-electron chi connectivity index (χ4n) is 3.40. The van der Waals surface area contributed by atoms with Gasteiger partial charge in [-0.1, -0.05) is 19.1 Å². The average molecular weight is 354 g/mol. The first-order chi connectivity index (χ1) is 12.7. The second kappa shape index (κ2) is 8.65. The van der Waals surface area contributed by atoms with E-state index in [9.17, 15) is 9.59 Å². The molecule has 2 aromatic rings. The fourth-order valence-corrected chi connectivity index (χ4v) is 3.40. The Labute approximate surface area is 154 Å². The number of amides is 2. The first-order valence-corrected chi connectivity index (χ1v) is 9.31. The highest BCUT2D eigenvalue weighted by atomic mass is 16.2. The van der Waals surface area contributed by atoms with Crippen molar-refractivity contribution >= 4 is 17.5 Å². The summed E-state index contributed by atoms with van der Waals surface area (Å²) >= 11 is 0. The maximum Gasteiger partial charge on any atom is 0.224 e. The van der Waals surface area contributed by atoms with Gasteiger partial charge >= 0.3 is 0 Å². The first-order valence-electron chi connectivity index (χ1n) is 9.31. The van der Waals surface area contributed by atoms with Crippen molar-refractivity contribution in [1.82, 2.24) is 15.1 Å². The number of nitrogens with one attached hydrogen (secondary N) is 2. The number of aromatic nitrogens is 2. The van der Waals surface area contributed by atoms with Crippen LogP contribution >= 0.6 is 0 Å². The molecular formula is C20H26N4O2. The number of nitrogens with zero attached hydrogens (tertiary/aromatic N) is 2. The lowest BCUT2D eigenvalue weighted by Gasteiger charge is -2.31. The van der Waals surface area contributed by atoms with Crippen molar-refractivity contribution in [1.29, 1.82) is 0 Å². The third-order valence-electron chi connectivity index (χ3n) is 4.99. The largest absolute Gasteiger partial charge is 0.343 e. The molecule has 1 aromatic carbocycles. The highest BCUT2D eigenvalue weighted by Crippen LogP contribution is 2.26. The minimum atomic E-state index is -0.112. The first kappa shape index (κ1) is 18.2. The molecule has 0 atom stereocenters. The number of aryl methyl sites for hydroxylation is 1. The molecule has 1 saturated heterocycles. The Bertz CT molecular complexity index is 734. The van der Waals surface area contributed by atoms with E-state index >= 15 is 0 Å². The van der Waals surface area contributed by atoms with E-state index in [1.54, 1.807) is 6.20 Å². The lowest BCUT2D eigenvalue weighted by molar-refractivity contribution is -0.133. The highest BCUT2D eigenvalue weighted by molar-refractivity contribution is 5.93. The molecule has 1 fully saturated rings. The Kier molecular flexibility index (Phi) is 6.04. The average Bonchev–Trinajstić information content (AvgIpc) is 3.21. The van der Waals surface area contributed by atoms with E-state index in [2.05, 4.69) is 22.4 Å². The minimum absolute atomic E-state index is 0.0607. The molecule has 0 bridgehead atoms. The highest BCUT2D eigenvalue weighted by Gasteiger charge is 2.24. The van der Waals surface area contributed by atoms with Crippen LogP contribution in [-0.4, -0.2) is 40.0 Å². The molecule has 26 heavy (non-hydrogen) atoms. The lowest BCUT2D eigenvalue weighted by atomic mass is 9.93. The number of anilines is 1. The van der Waals surface area contributed by atoms with Gasteiger partial charge in [0.05, 0.1) is 0 Å². The molecule has 138 valence electrons. The van der Waals surface area contributed by atoms with Crippen LogP contribution in [0.15, 0.2) is 36.5 Å². The third kappa shape index (κ3) is 4.71. The monoisotopic (exact) mass is 354 g/mol. The van der Waals surface area contributed by atoms with Crippen LogP contribution in [-0.2, 0) is 16.0 Å². The van der Waals surface area contributed by atoms with E-state index in [-0.39, 0.29) is 24.7 Å². The summed E-state index contributed by atoms with van der Waals surface area (Å²) in [5.74, 6) is 0.389. The summed E-state index contributed by atoms with van der Waals surface area (Å²) in [6.45, 7) is 3.56. The van der Waals surface area contributed by atoms with Crippen LogP contribution < -0.4 is 5.32 Å². The van der Waals surface area contributed by atoms with Gasteiger partial charge in [-0.3, -0.25) is 14.7 Å². The smallest absolute Gasteiger partial charge is 0.224 e. The van der Waals surface area contributed by atoms with Gasteiger partial charge in [0.1, 0.15) is 0 Å². The van der Waals surface area contributed by atoms with E-state index in [1.165, 1.54) is 5.56 Å². The van der Waals surface area contributed by atoms with Crippen LogP contribution in [0.5, 0.6) is 0 Å². The number of hydrogen-bond acceptors (Lipinski definition) is 3. The number of rotatable bonds is 6. The van der Waals surface area contributed by atoms with Crippen molar-refractivity contribution in [3.8, 4) is 0 Å². The summed E-state index contributed by atoms with van der Waals surface area (Å²) in [6.07, 6.45) is 5.04. The molecule has 1 aliphatic rings. The van der Waals surface area contributed by atoms with E-state index in [0.717, 1.165) is 43.7 Å². The Balaban J connectivity index is 1.41. The Hall–Kier alpha value is -2.63. The number of hydrogen-bond donors (Lipinski definition) is 2. The second-order valence-electron chi connectivity index (χ2n) is 6.77. The predicted octanol–water partition coefficient (Wildman–Crippen LogP) is 3.10. The zero-order chi connectivity index (χ0) is 18.4. The quantitative estimate of drug-likeness (QED) is 0.837. The van der Waals surface area contributed by atoms with E-state index in [1.807, 2.05) is 35.2 Å². The molecule has 0 radical (unpaired) electrons. The fraction of sp³-hybridized carbons (Fsp3) is 0.450. The Morgan fingerprint density at radius 2 is 2.04 bits per heavy atom. The summed E-state index contributed by atoms with van der Waals surface area (Å²) in [5, 5.41) is 9.89. The SMILES string of the molecule is CCc1cccc(NC(=O)CCC(=O)N2CCC(c3ccn[nH]3)CC2)c1. The van der Waals surface area contributed by atoms with Crippen LogP contribution in [0, 0.1) is 0 Å². The molecule has 0 saturated carbocycles. The number of H-pyrrole nitrogens is 1. The number of carbonyl (C=O) groups excluding carboxylic acids is 2. The van der Waals surface area contributed by atoms with Crippen LogP contribution in [0.25, 0.3) is 0 Å². The second-order valence-corrected chi connectivity index (χ2v) is 6.77. The molecule has 0 aliphatic carbocycles. The van der Waals surface area contributed by atoms with Gasteiger partial charge in [0, 0.05) is 49.4 Å². The van der Waals surface area contributed by atoms with Crippen molar-refractivity contribution < 1.29 is 9.59 Å². The van der Waals surface area contributed by atoms with Crippen molar-refractivity contribution in [2.75, 3.05) is 18.4 Å². The maximum atomic E-state index is 12.4. The predicted molar refractivity (Wildman–Crippen MR) is 101 cm³/mol. The third-order valence-corrected chi connectivity index (χ3v) is 4.99. The van der Waals surface area contributed by atoms with Crippen molar-refractivity contribution in [3.05, 3.63) is 47.8 Å². The lowest BCUT2D eigenvalue weighted by Crippen LogP contribution is -2.38. The van der Waals surface area contributed by atoms with Gasteiger partial charge in [-0.05, 0) is 43.0 Å². The molecule has 0 unspecified atom stereocenters. The number of piperidine rings is 1. The topological polar surface area (TPSA) is 78.1 Å². The Morgan fingerprint density at radius 1 is 1.23 bits per heavy atom. The van der Waals surface area contributed by atoms with Crippen LogP contribution in [0.1, 0.15) is 49.8 Å². The molecule has 2 amide bonds. The summed E-state index contributed by atoms with van der Waals surface area (Å²) in [7, 11) is 0. The molecule has 6 nitrogen and oxygen atoms in total. The van der Waals surface area contributed by atoms with Gasteiger partial charge in [0.25, 0.3) is 0 Å². The zero-order valence-corrected chi connectivity index (χ0v) is 15.2. The molecule has 2 heterocycles. The molecular weight excluding hydrogens is 328 g/mol. The minimum Gasteiger partial charge on any atom is -0.343 e. The van der Waals surface area contributed by atoms with E-state index < -0.39 is 0 Å². The Morgan fingerprint density at radius 3 is 2.73 bits per heavy atom. The molecule has 1 aromatic heterocycles. The standard InChI is InChI=1S/C20H26N4O2/c1-2-15-4-3-5-17(14-15)22-19(25)6-7-20(26)24-12-9-16(10-13-24)18-8-11-21-23-18/h3-5,8,11,14,16H,2,6-7,9-10,12-13H2,1H3,(H,21,23)(H,22,25). The van der Waals surface area contributed by atoms with Gasteiger partial charge < -0.3 is 10.2 Å². The summed E-state index contributed by atoms with van der Waals surface area (Å²) in [6, 6.07) is 9.81. The number of carbonyl (C=O) groups is 2. The molecule has 3 rings (SSSR count). The molecule has 6 heteroatoms. The summed E-state index contributed by atoms with van der Waals surface area (Å²) in [4.78, 5) is 26.4. The zero-order valence-electron chi connectivity index (χ0n) is 15.2. The van der Waals surface area contributed by atoms with Gasteiger partial charge in [0.2, 0.25) is 11.8 Å². The molecule has 0 spiro atoms. The summed E-state index contributed by atoms with van der Waals surface area (Å²) in [5.41, 5.74) is 3.12. The van der Waals surface area contributed by atoms with Gasteiger partial charge in [-0.25, -0.2) is 0 Å². The maximum absolute atomic E-state index is 12.4. The number of aromatic amines is 1. The van der Waals surface area contributed by atoms with Crippen LogP contribution in [0.4, 0.5) is 5.69 Å². The summed E-state index contributed by atoms with van der Waals surface area (Å²) < 4.78 is 0. The van der Waals surface area contributed by atoms with Gasteiger partial charge in [0.15, 0.2) is 0 Å². The number of likely N-dealkylation sites (tertiary alicyclic amines) is 1. The van der Waals surface area contributed by atoms with Gasteiger partial charge in [-0.15, -0.1) is 0 Å². The van der Waals surface area contributed by atoms with Gasteiger partial charge in [-0.2, -0.15) is 5.10 Å². The van der Waals surface area contributed by atoms with E-state index in [0.29, 0.717) is 5.92 Å². The van der Waals surface area contributed by atoms with Crippen LogP contribution in [0.2, 0.25) is 0 Å².